The Balaban J connectivity index is 2.15. The van der Waals surface area contributed by atoms with E-state index in [1.165, 1.54) is 12.1 Å². The number of hydrogen-bond donors (Lipinski definition) is 2. The minimum Gasteiger partial charge on any atom is -0.350 e. The summed E-state index contributed by atoms with van der Waals surface area (Å²) in [5.41, 5.74) is 7.06. The van der Waals surface area contributed by atoms with E-state index in [1.807, 2.05) is 13.8 Å². The summed E-state index contributed by atoms with van der Waals surface area (Å²) in [6.45, 7) is 6.08. The topological polar surface area (TPSA) is 58.4 Å². The lowest BCUT2D eigenvalue weighted by Crippen LogP contribution is -2.38. The van der Waals surface area contributed by atoms with E-state index in [2.05, 4.69) is 10.2 Å². The molecule has 152 valence electrons. The molecule has 0 saturated carbocycles. The second-order valence-corrected chi connectivity index (χ2v) is 6.47. The largest absolute Gasteiger partial charge is 0.416 e. The normalized spacial score (nSPS) is 12.8. The van der Waals surface area contributed by atoms with Crippen LogP contribution in [0.2, 0.25) is 0 Å². The summed E-state index contributed by atoms with van der Waals surface area (Å²) in [4.78, 5) is 14.6. The zero-order valence-corrected chi connectivity index (χ0v) is 16.1. The average molecular weight is 393 g/mol. The highest BCUT2D eigenvalue weighted by Crippen LogP contribution is 2.30. The molecule has 1 amide bonds. The summed E-state index contributed by atoms with van der Waals surface area (Å²) in [6.07, 6.45) is -4.37. The molecule has 0 fully saturated rings. The molecule has 1 unspecified atom stereocenters. The second kappa shape index (κ2) is 9.71. The number of benzene rings is 2. The number of likely N-dealkylation sites (N-methyl/N-ethyl adjacent to an activating group) is 1. The molecule has 2 rings (SSSR count). The van der Waals surface area contributed by atoms with E-state index in [-0.39, 0.29) is 11.9 Å². The van der Waals surface area contributed by atoms with Gasteiger partial charge >= 0.3 is 6.18 Å². The smallest absolute Gasteiger partial charge is 0.350 e. The van der Waals surface area contributed by atoms with Crippen molar-refractivity contribution in [3.8, 4) is 0 Å². The van der Waals surface area contributed by atoms with Crippen LogP contribution in [0.1, 0.15) is 46.9 Å². The van der Waals surface area contributed by atoms with Crippen molar-refractivity contribution in [1.82, 2.24) is 10.2 Å². The van der Waals surface area contributed by atoms with E-state index < -0.39 is 11.7 Å². The van der Waals surface area contributed by atoms with E-state index in [1.54, 1.807) is 24.3 Å². The molecule has 0 spiro atoms. The molecule has 28 heavy (non-hydrogen) atoms. The van der Waals surface area contributed by atoms with Gasteiger partial charge in [0.15, 0.2) is 0 Å². The van der Waals surface area contributed by atoms with Gasteiger partial charge in [0.2, 0.25) is 0 Å². The van der Waals surface area contributed by atoms with Crippen LogP contribution < -0.4 is 11.1 Å². The predicted octanol–water partition coefficient (Wildman–Crippen LogP) is 3.98. The lowest BCUT2D eigenvalue weighted by atomic mass is 10.0. The van der Waals surface area contributed by atoms with Gasteiger partial charge in [0.1, 0.15) is 0 Å². The van der Waals surface area contributed by atoms with E-state index >= 15 is 0 Å². The van der Waals surface area contributed by atoms with E-state index in [9.17, 15) is 18.0 Å². The Morgan fingerprint density at radius 1 is 1.04 bits per heavy atom. The van der Waals surface area contributed by atoms with E-state index in [4.69, 9.17) is 5.73 Å². The van der Waals surface area contributed by atoms with Gasteiger partial charge in [0.05, 0.1) is 11.6 Å². The number of alkyl halides is 3. The Morgan fingerprint density at radius 3 is 2.07 bits per heavy atom. The molecule has 0 radical (unpaired) electrons. The van der Waals surface area contributed by atoms with Crippen LogP contribution in [0.5, 0.6) is 0 Å². The molecule has 0 heterocycles. The van der Waals surface area contributed by atoms with Gasteiger partial charge in [-0.15, -0.1) is 0 Å². The molecular weight excluding hydrogens is 367 g/mol. The molecule has 7 heteroatoms. The van der Waals surface area contributed by atoms with Gasteiger partial charge < -0.3 is 11.1 Å². The molecule has 0 aromatic heterocycles. The number of nitrogens with one attached hydrogen (secondary N) is 1. The van der Waals surface area contributed by atoms with Crippen LogP contribution in [0.3, 0.4) is 0 Å². The number of carbonyl (C=O) groups excluding carboxylic acids is 1. The van der Waals surface area contributed by atoms with Gasteiger partial charge in [0, 0.05) is 18.7 Å². The van der Waals surface area contributed by atoms with Crippen molar-refractivity contribution in [3.05, 3.63) is 70.8 Å². The Bertz CT molecular complexity index is 754. The highest BCUT2D eigenvalue weighted by atomic mass is 19.4. The summed E-state index contributed by atoms with van der Waals surface area (Å²) in [5, 5.41) is 2.89. The van der Waals surface area contributed by atoms with Gasteiger partial charge in [-0.1, -0.05) is 38.1 Å². The molecule has 4 nitrogen and oxygen atoms in total. The first-order chi connectivity index (χ1) is 13.3. The monoisotopic (exact) mass is 393 g/mol. The predicted molar refractivity (Wildman–Crippen MR) is 104 cm³/mol. The van der Waals surface area contributed by atoms with Crippen molar-refractivity contribution in [3.63, 3.8) is 0 Å². The first-order valence-electron chi connectivity index (χ1n) is 9.28. The fourth-order valence-corrected chi connectivity index (χ4v) is 3.10. The number of halogens is 3. The SMILES string of the molecule is CCN(CC)C(CNC(=O)c1ccc(CN)cc1)c1ccc(C(F)(F)F)cc1. The molecule has 1 atom stereocenters. The summed E-state index contributed by atoms with van der Waals surface area (Å²) in [6, 6.07) is 11.9. The lowest BCUT2D eigenvalue weighted by Gasteiger charge is -2.30. The molecule has 0 bridgehead atoms. The third kappa shape index (κ3) is 5.56. The molecular formula is C21H26F3N3O. The fraction of sp³-hybridized carbons (Fsp3) is 0.381. The van der Waals surface area contributed by atoms with Gasteiger partial charge in [-0.2, -0.15) is 13.2 Å². The van der Waals surface area contributed by atoms with Gasteiger partial charge in [0.25, 0.3) is 5.91 Å². The maximum atomic E-state index is 12.8. The average Bonchev–Trinajstić information content (AvgIpc) is 2.70. The summed E-state index contributed by atoms with van der Waals surface area (Å²) in [7, 11) is 0. The van der Waals surface area contributed by atoms with Crippen molar-refractivity contribution < 1.29 is 18.0 Å². The van der Waals surface area contributed by atoms with Crippen LogP contribution in [0, 0.1) is 0 Å². The third-order valence-corrected chi connectivity index (χ3v) is 4.78. The van der Waals surface area contributed by atoms with Crippen molar-refractivity contribution in [1.29, 1.82) is 0 Å². The lowest BCUT2D eigenvalue weighted by molar-refractivity contribution is -0.137. The first kappa shape index (κ1) is 21.9. The van der Waals surface area contributed by atoms with Crippen LogP contribution in [0.25, 0.3) is 0 Å². The highest BCUT2D eigenvalue weighted by Gasteiger charge is 2.30. The van der Waals surface area contributed by atoms with E-state index in [0.29, 0.717) is 31.7 Å². The van der Waals surface area contributed by atoms with Crippen LogP contribution in [0.15, 0.2) is 48.5 Å². The second-order valence-electron chi connectivity index (χ2n) is 6.47. The summed E-state index contributed by atoms with van der Waals surface area (Å²) >= 11 is 0. The molecule has 3 N–H and O–H groups in total. The maximum absolute atomic E-state index is 12.8. The number of rotatable bonds is 8. The fourth-order valence-electron chi connectivity index (χ4n) is 3.10. The Morgan fingerprint density at radius 2 is 1.61 bits per heavy atom. The summed E-state index contributed by atoms with van der Waals surface area (Å²) < 4.78 is 38.5. The minimum absolute atomic E-state index is 0.218. The number of hydrogen-bond acceptors (Lipinski definition) is 3. The highest BCUT2D eigenvalue weighted by molar-refractivity contribution is 5.94. The minimum atomic E-state index is -4.37. The molecule has 0 aliphatic rings. The standard InChI is InChI=1S/C21H26F3N3O/c1-3-27(4-2)19(16-9-11-18(12-10-16)21(22,23)24)14-26-20(28)17-7-5-15(13-25)6-8-17/h5-12,19H,3-4,13-14,25H2,1-2H3,(H,26,28). The Hall–Kier alpha value is -2.38. The van der Waals surface area contributed by atoms with Gasteiger partial charge in [-0.05, 0) is 48.5 Å². The van der Waals surface area contributed by atoms with Crippen LogP contribution in [0.4, 0.5) is 13.2 Å². The molecule has 0 saturated heterocycles. The molecule has 0 aliphatic heterocycles. The van der Waals surface area contributed by atoms with Crippen molar-refractivity contribution in [2.75, 3.05) is 19.6 Å². The van der Waals surface area contributed by atoms with Crippen molar-refractivity contribution in [2.45, 2.75) is 32.6 Å². The van der Waals surface area contributed by atoms with Crippen molar-refractivity contribution >= 4 is 5.91 Å². The zero-order chi connectivity index (χ0) is 20.7. The molecule has 2 aromatic carbocycles. The number of nitrogens with zero attached hydrogens (tertiary/aromatic N) is 1. The third-order valence-electron chi connectivity index (χ3n) is 4.78. The first-order valence-corrected chi connectivity index (χ1v) is 9.28. The number of amides is 1. The van der Waals surface area contributed by atoms with E-state index in [0.717, 1.165) is 23.3 Å². The molecule has 2 aromatic rings. The van der Waals surface area contributed by atoms with Crippen molar-refractivity contribution in [2.24, 2.45) is 5.73 Å². The summed E-state index contributed by atoms with van der Waals surface area (Å²) in [5.74, 6) is -0.229. The number of nitrogens with two attached hydrogens (primary N) is 1. The maximum Gasteiger partial charge on any atom is 0.416 e. The van der Waals surface area contributed by atoms with Gasteiger partial charge in [-0.3, -0.25) is 9.69 Å². The quantitative estimate of drug-likeness (QED) is 0.713. The number of carbonyl (C=O) groups is 1. The van der Waals surface area contributed by atoms with Crippen LogP contribution >= 0.6 is 0 Å². The molecule has 0 aliphatic carbocycles. The van der Waals surface area contributed by atoms with Gasteiger partial charge in [-0.25, -0.2) is 0 Å². The van der Waals surface area contributed by atoms with Crippen LogP contribution in [-0.2, 0) is 12.7 Å². The Kier molecular flexibility index (Phi) is 7.60. The van der Waals surface area contributed by atoms with Crippen LogP contribution in [-0.4, -0.2) is 30.4 Å². The zero-order valence-electron chi connectivity index (χ0n) is 16.1. The Labute approximate surface area is 163 Å².